The minimum atomic E-state index is -0.350. The van der Waals surface area contributed by atoms with E-state index in [2.05, 4.69) is 13.8 Å². The van der Waals surface area contributed by atoms with Crippen molar-refractivity contribution < 1.29 is 4.79 Å². The molecule has 0 spiro atoms. The van der Waals surface area contributed by atoms with Crippen LogP contribution in [0.2, 0.25) is 0 Å². The first-order valence-electron chi connectivity index (χ1n) is 5.88. The maximum Gasteiger partial charge on any atom is 0.244 e. The van der Waals surface area contributed by atoms with Crippen LogP contribution in [0, 0.1) is 23.2 Å². The average molecular weight is 227 g/mol. The van der Waals surface area contributed by atoms with Crippen molar-refractivity contribution in [2.24, 2.45) is 23.2 Å². The van der Waals surface area contributed by atoms with E-state index in [0.717, 1.165) is 24.2 Å². The third-order valence-electron chi connectivity index (χ3n) is 4.69. The van der Waals surface area contributed by atoms with E-state index in [0.29, 0.717) is 5.41 Å². The van der Waals surface area contributed by atoms with Crippen molar-refractivity contribution in [1.29, 1.82) is 0 Å². The van der Waals surface area contributed by atoms with Gasteiger partial charge in [0, 0.05) is 0 Å². The quantitative estimate of drug-likeness (QED) is 0.529. The van der Waals surface area contributed by atoms with Crippen molar-refractivity contribution in [3.8, 4) is 0 Å². The number of hydrogen-bond donors (Lipinski definition) is 0. The Morgan fingerprint density at radius 1 is 1.47 bits per heavy atom. The highest BCUT2D eigenvalue weighted by atomic mass is 35.5. The standard InChI is InChI=1S/C13H19ClO/c1-13(2)10-7-6-9(11(13)8-10)4-3-5-12(14)15/h3,5,9-11H,4,6-8H2,1-2H3. The number of carbonyl (C=O) groups is 1. The molecule has 84 valence electrons. The summed E-state index contributed by atoms with van der Waals surface area (Å²) in [5.74, 6) is 2.60. The molecule has 0 aromatic rings. The number of rotatable bonds is 3. The molecule has 15 heavy (non-hydrogen) atoms. The molecule has 0 aromatic carbocycles. The lowest BCUT2D eigenvalue weighted by molar-refractivity contribution is -0.107. The molecule has 1 nitrogen and oxygen atoms in total. The van der Waals surface area contributed by atoms with Gasteiger partial charge in [-0.05, 0) is 66.5 Å². The molecule has 3 rings (SSSR count). The lowest BCUT2D eigenvalue weighted by Gasteiger charge is -2.60. The Hall–Kier alpha value is -0.300. The first-order valence-corrected chi connectivity index (χ1v) is 6.25. The van der Waals surface area contributed by atoms with Gasteiger partial charge in [-0.3, -0.25) is 4.79 Å². The zero-order valence-corrected chi connectivity index (χ0v) is 10.3. The molecule has 3 atom stereocenters. The largest absolute Gasteiger partial charge is 0.276 e. The van der Waals surface area contributed by atoms with E-state index in [1.807, 2.05) is 6.08 Å². The number of allylic oxidation sites excluding steroid dienone is 2. The van der Waals surface area contributed by atoms with Crippen molar-refractivity contribution in [1.82, 2.24) is 0 Å². The maximum absolute atomic E-state index is 10.6. The topological polar surface area (TPSA) is 17.1 Å². The Morgan fingerprint density at radius 2 is 2.20 bits per heavy atom. The molecular formula is C13H19ClO. The Kier molecular flexibility index (Phi) is 2.94. The summed E-state index contributed by atoms with van der Waals surface area (Å²) in [7, 11) is 0. The van der Waals surface area contributed by atoms with Gasteiger partial charge in [0.05, 0.1) is 0 Å². The van der Waals surface area contributed by atoms with Gasteiger partial charge in [0.2, 0.25) is 5.24 Å². The molecule has 3 aliphatic rings. The van der Waals surface area contributed by atoms with Crippen molar-refractivity contribution in [2.45, 2.75) is 39.5 Å². The zero-order valence-electron chi connectivity index (χ0n) is 9.50. The van der Waals surface area contributed by atoms with Gasteiger partial charge in [0.1, 0.15) is 0 Å². The fraction of sp³-hybridized carbons (Fsp3) is 0.769. The molecule has 3 aliphatic carbocycles. The lowest BCUT2D eigenvalue weighted by atomic mass is 9.45. The van der Waals surface area contributed by atoms with Gasteiger partial charge in [-0.1, -0.05) is 19.9 Å². The second-order valence-corrected chi connectivity index (χ2v) is 6.01. The summed E-state index contributed by atoms with van der Waals surface area (Å²) in [6.07, 6.45) is 8.59. The average Bonchev–Trinajstić information content (AvgIpc) is 2.17. The van der Waals surface area contributed by atoms with Crippen LogP contribution in [0.3, 0.4) is 0 Å². The van der Waals surface area contributed by atoms with Crippen LogP contribution in [0.15, 0.2) is 12.2 Å². The fourth-order valence-electron chi connectivity index (χ4n) is 3.58. The molecule has 3 fully saturated rings. The third kappa shape index (κ3) is 1.99. The summed E-state index contributed by atoms with van der Waals surface area (Å²) in [5.41, 5.74) is 0.543. The first-order chi connectivity index (χ1) is 7.01. The minimum Gasteiger partial charge on any atom is -0.276 e. The predicted octanol–water partition coefficient (Wildman–Crippen LogP) is 3.77. The van der Waals surface area contributed by atoms with Gasteiger partial charge in [-0.2, -0.15) is 0 Å². The molecule has 3 saturated carbocycles. The molecule has 0 radical (unpaired) electrons. The normalized spacial score (nSPS) is 37.7. The number of halogens is 1. The second-order valence-electron chi connectivity index (χ2n) is 5.64. The van der Waals surface area contributed by atoms with Crippen LogP contribution in [0.4, 0.5) is 0 Å². The van der Waals surface area contributed by atoms with Crippen LogP contribution in [-0.2, 0) is 4.79 Å². The Bertz CT molecular complexity index is 291. The van der Waals surface area contributed by atoms with E-state index >= 15 is 0 Å². The van der Waals surface area contributed by atoms with Gasteiger partial charge >= 0.3 is 0 Å². The van der Waals surface area contributed by atoms with Crippen LogP contribution < -0.4 is 0 Å². The highest BCUT2D eigenvalue weighted by Crippen LogP contribution is 2.61. The highest BCUT2D eigenvalue weighted by molar-refractivity contribution is 6.66. The van der Waals surface area contributed by atoms with Crippen molar-refractivity contribution in [3.05, 3.63) is 12.2 Å². The van der Waals surface area contributed by atoms with Gasteiger partial charge in [-0.25, -0.2) is 0 Å². The van der Waals surface area contributed by atoms with E-state index in [1.165, 1.54) is 25.3 Å². The Balaban J connectivity index is 1.91. The van der Waals surface area contributed by atoms with E-state index in [1.54, 1.807) is 0 Å². The van der Waals surface area contributed by atoms with Crippen molar-refractivity contribution in [2.75, 3.05) is 0 Å². The summed E-state index contributed by atoms with van der Waals surface area (Å²) in [5, 5.41) is -0.350. The van der Waals surface area contributed by atoms with Crippen LogP contribution in [0.25, 0.3) is 0 Å². The van der Waals surface area contributed by atoms with E-state index < -0.39 is 0 Å². The molecule has 3 unspecified atom stereocenters. The lowest BCUT2D eigenvalue weighted by Crippen LogP contribution is -2.52. The van der Waals surface area contributed by atoms with Crippen LogP contribution in [0.5, 0.6) is 0 Å². The van der Waals surface area contributed by atoms with E-state index in [4.69, 9.17) is 11.6 Å². The van der Waals surface area contributed by atoms with Gasteiger partial charge < -0.3 is 0 Å². The van der Waals surface area contributed by atoms with Crippen LogP contribution in [-0.4, -0.2) is 5.24 Å². The van der Waals surface area contributed by atoms with Gasteiger partial charge in [0.25, 0.3) is 0 Å². The van der Waals surface area contributed by atoms with Gasteiger partial charge in [0.15, 0.2) is 0 Å². The summed E-state index contributed by atoms with van der Waals surface area (Å²) in [6.45, 7) is 4.79. The SMILES string of the molecule is CC1(C)C2CCC(CC=CC(=O)Cl)C1C2. The molecule has 2 bridgehead atoms. The molecule has 0 saturated heterocycles. The summed E-state index contributed by atoms with van der Waals surface area (Å²) in [6, 6.07) is 0. The molecule has 0 heterocycles. The molecular weight excluding hydrogens is 208 g/mol. The first kappa shape index (κ1) is 11.2. The number of fused-ring (bicyclic) bond motifs is 2. The predicted molar refractivity (Wildman–Crippen MR) is 62.7 cm³/mol. The summed E-state index contributed by atoms with van der Waals surface area (Å²) < 4.78 is 0. The molecule has 0 amide bonds. The molecule has 2 heteroatoms. The molecule has 0 N–H and O–H groups in total. The second kappa shape index (κ2) is 3.93. The fourth-order valence-corrected chi connectivity index (χ4v) is 3.67. The summed E-state index contributed by atoms with van der Waals surface area (Å²) in [4.78, 5) is 10.6. The minimum absolute atomic E-state index is 0.350. The van der Waals surface area contributed by atoms with Crippen molar-refractivity contribution >= 4 is 16.8 Å². The smallest absolute Gasteiger partial charge is 0.244 e. The van der Waals surface area contributed by atoms with E-state index in [9.17, 15) is 4.79 Å². The zero-order chi connectivity index (χ0) is 11.1. The van der Waals surface area contributed by atoms with E-state index in [-0.39, 0.29) is 5.24 Å². The summed E-state index contributed by atoms with van der Waals surface area (Å²) >= 11 is 5.27. The molecule has 0 aliphatic heterocycles. The van der Waals surface area contributed by atoms with Gasteiger partial charge in [-0.15, -0.1) is 0 Å². The maximum atomic E-state index is 10.6. The van der Waals surface area contributed by atoms with Crippen LogP contribution in [0.1, 0.15) is 39.5 Å². The Morgan fingerprint density at radius 3 is 2.73 bits per heavy atom. The van der Waals surface area contributed by atoms with Crippen molar-refractivity contribution in [3.63, 3.8) is 0 Å². The highest BCUT2D eigenvalue weighted by Gasteiger charge is 2.53. The Labute approximate surface area is 96.9 Å². The van der Waals surface area contributed by atoms with Crippen LogP contribution >= 0.6 is 11.6 Å². The third-order valence-corrected chi connectivity index (χ3v) is 4.81. The number of hydrogen-bond acceptors (Lipinski definition) is 1. The number of carbonyl (C=O) groups excluding carboxylic acids is 1. The molecule has 0 aromatic heterocycles. The monoisotopic (exact) mass is 226 g/mol.